The Balaban J connectivity index is 1.21. The molecule has 0 bridgehead atoms. The lowest BCUT2D eigenvalue weighted by Crippen LogP contribution is -2.51. The number of rotatable bonds is 7. The van der Waals surface area contributed by atoms with Crippen molar-refractivity contribution in [3.05, 3.63) is 83.9 Å². The molecule has 6 nitrogen and oxygen atoms in total. The molecule has 0 unspecified atom stereocenters. The van der Waals surface area contributed by atoms with Crippen LogP contribution in [0.3, 0.4) is 0 Å². The molecule has 2 aromatic carbocycles. The summed E-state index contributed by atoms with van der Waals surface area (Å²) in [6.07, 6.45) is 7.56. The van der Waals surface area contributed by atoms with Crippen molar-refractivity contribution in [3.63, 3.8) is 0 Å². The fourth-order valence-electron chi connectivity index (χ4n) is 6.26. The van der Waals surface area contributed by atoms with E-state index in [-0.39, 0.29) is 17.6 Å². The summed E-state index contributed by atoms with van der Waals surface area (Å²) in [5.74, 6) is 1.74. The third kappa shape index (κ3) is 4.88. The molecule has 5 atom stereocenters. The van der Waals surface area contributed by atoms with Gasteiger partial charge in [-0.1, -0.05) is 55.8 Å². The minimum absolute atomic E-state index is 0.0901. The number of hydrogen-bond acceptors (Lipinski definition) is 5. The predicted octanol–water partition coefficient (Wildman–Crippen LogP) is 4.45. The molecule has 1 aromatic heterocycles. The number of ether oxygens (including phenoxy) is 1. The Labute approximate surface area is 208 Å². The van der Waals surface area contributed by atoms with Crippen LogP contribution in [0.4, 0.5) is 0 Å². The molecular formula is C29H38N4O2. The highest BCUT2D eigenvalue weighted by Gasteiger charge is 2.54. The van der Waals surface area contributed by atoms with E-state index in [0.717, 1.165) is 43.8 Å². The van der Waals surface area contributed by atoms with Crippen LogP contribution >= 0.6 is 0 Å². The van der Waals surface area contributed by atoms with Crippen molar-refractivity contribution in [1.82, 2.24) is 19.8 Å². The smallest absolute Gasteiger partial charge is 0.146 e. The third-order valence-corrected chi connectivity index (χ3v) is 8.39. The number of hydrogen-bond donors (Lipinski definition) is 2. The maximum Gasteiger partial charge on any atom is 0.146 e. The Bertz CT molecular complexity index is 1100. The number of benzene rings is 2. The lowest BCUT2D eigenvalue weighted by molar-refractivity contribution is -0.00456. The first-order valence-corrected chi connectivity index (χ1v) is 12.8. The second-order valence-corrected chi connectivity index (χ2v) is 10.6. The minimum atomic E-state index is -0.383. The van der Waals surface area contributed by atoms with Gasteiger partial charge in [0, 0.05) is 49.5 Å². The van der Waals surface area contributed by atoms with E-state index in [4.69, 9.17) is 4.74 Å². The number of imidazole rings is 1. The van der Waals surface area contributed by atoms with E-state index in [1.54, 1.807) is 6.20 Å². The highest BCUT2D eigenvalue weighted by molar-refractivity contribution is 5.28. The number of nitrogens with one attached hydrogen (secondary N) is 1. The summed E-state index contributed by atoms with van der Waals surface area (Å²) in [5, 5.41) is 15.3. The van der Waals surface area contributed by atoms with Crippen LogP contribution in [0.25, 0.3) is 0 Å². The summed E-state index contributed by atoms with van der Waals surface area (Å²) >= 11 is 0. The zero-order chi connectivity index (χ0) is 24.4. The van der Waals surface area contributed by atoms with Gasteiger partial charge < -0.3 is 19.7 Å². The van der Waals surface area contributed by atoms with Gasteiger partial charge in [0.15, 0.2) is 0 Å². The number of nitrogens with zero attached hydrogens (tertiary/aromatic N) is 3. The first-order valence-electron chi connectivity index (χ1n) is 12.8. The number of likely N-dealkylation sites (tertiary alicyclic amines) is 1. The molecule has 3 aromatic rings. The first-order chi connectivity index (χ1) is 17.0. The number of aliphatic hydroxyl groups excluding tert-OH is 1. The summed E-state index contributed by atoms with van der Waals surface area (Å²) in [5.41, 5.74) is 2.41. The van der Waals surface area contributed by atoms with Crippen LogP contribution in [-0.2, 0) is 20.2 Å². The zero-order valence-corrected chi connectivity index (χ0v) is 21.1. The van der Waals surface area contributed by atoms with E-state index in [0.29, 0.717) is 18.7 Å². The molecular weight excluding hydrogens is 436 g/mol. The van der Waals surface area contributed by atoms with E-state index >= 15 is 0 Å². The van der Waals surface area contributed by atoms with Crippen molar-refractivity contribution in [2.24, 2.45) is 12.5 Å². The fourth-order valence-corrected chi connectivity index (χ4v) is 6.26. The molecule has 1 saturated carbocycles. The first kappa shape index (κ1) is 24.0. The van der Waals surface area contributed by atoms with Crippen LogP contribution in [0.15, 0.2) is 67.0 Å². The normalized spacial score (nSPS) is 29.0. The lowest BCUT2D eigenvalue weighted by Gasteiger charge is -2.39. The Morgan fingerprint density at radius 3 is 2.57 bits per heavy atom. The second kappa shape index (κ2) is 10.1. The van der Waals surface area contributed by atoms with Crippen LogP contribution in [-0.4, -0.2) is 44.8 Å². The summed E-state index contributed by atoms with van der Waals surface area (Å²) in [7, 11) is 4.21. The van der Waals surface area contributed by atoms with Crippen molar-refractivity contribution in [2.45, 2.75) is 70.0 Å². The monoisotopic (exact) mass is 474 g/mol. The van der Waals surface area contributed by atoms with Gasteiger partial charge in [-0.25, -0.2) is 4.98 Å². The van der Waals surface area contributed by atoms with Crippen LogP contribution in [0.1, 0.15) is 55.6 Å². The molecule has 0 spiro atoms. The minimum Gasteiger partial charge on any atom is -0.486 e. The number of fused-ring (bicyclic) bond motifs is 1. The van der Waals surface area contributed by atoms with E-state index in [2.05, 4.69) is 71.6 Å². The predicted molar refractivity (Wildman–Crippen MR) is 138 cm³/mol. The third-order valence-electron chi connectivity index (χ3n) is 8.39. The molecule has 2 fully saturated rings. The van der Waals surface area contributed by atoms with E-state index in [9.17, 15) is 5.11 Å². The fraction of sp³-hybridized carbons (Fsp3) is 0.483. The van der Waals surface area contributed by atoms with Gasteiger partial charge in [-0.15, -0.1) is 0 Å². The molecule has 1 aliphatic carbocycles. The van der Waals surface area contributed by atoms with Gasteiger partial charge in [0.2, 0.25) is 0 Å². The molecule has 0 amide bonds. The van der Waals surface area contributed by atoms with Gasteiger partial charge >= 0.3 is 0 Å². The molecule has 6 heteroatoms. The van der Waals surface area contributed by atoms with Gasteiger partial charge in [-0.2, -0.15) is 0 Å². The van der Waals surface area contributed by atoms with Crippen molar-refractivity contribution in [2.75, 3.05) is 7.05 Å². The summed E-state index contributed by atoms with van der Waals surface area (Å²) < 4.78 is 7.85. The van der Waals surface area contributed by atoms with Gasteiger partial charge in [-0.05, 0) is 49.6 Å². The Morgan fingerprint density at radius 2 is 1.86 bits per heavy atom. The van der Waals surface area contributed by atoms with Gasteiger partial charge in [0.1, 0.15) is 18.2 Å². The summed E-state index contributed by atoms with van der Waals surface area (Å²) in [4.78, 5) is 6.82. The second-order valence-electron chi connectivity index (χ2n) is 10.6. The average Bonchev–Trinajstić information content (AvgIpc) is 3.37. The van der Waals surface area contributed by atoms with Gasteiger partial charge in [0.25, 0.3) is 0 Å². The van der Waals surface area contributed by atoms with Crippen LogP contribution < -0.4 is 10.1 Å². The highest BCUT2D eigenvalue weighted by Crippen LogP contribution is 2.52. The molecule has 5 rings (SSSR count). The van der Waals surface area contributed by atoms with Crippen LogP contribution in [0, 0.1) is 5.41 Å². The van der Waals surface area contributed by atoms with Crippen molar-refractivity contribution in [3.8, 4) is 5.75 Å². The SMILES string of the molecule is CN1[C@@H](c2ccccc2)C[C@@]2(C)[C@@H](O)[C@H](NCc3ccc(OCc4nccn4C)cc3)CCC[C@@H]12. The number of aliphatic hydroxyl groups is 1. The maximum atomic E-state index is 11.6. The Hall–Kier alpha value is -2.67. The molecule has 2 aliphatic rings. The quantitative estimate of drug-likeness (QED) is 0.530. The van der Waals surface area contributed by atoms with E-state index in [1.807, 2.05) is 29.9 Å². The topological polar surface area (TPSA) is 62.6 Å². The molecule has 1 aliphatic heterocycles. The van der Waals surface area contributed by atoms with Gasteiger partial charge in [-0.3, -0.25) is 4.90 Å². The van der Waals surface area contributed by atoms with E-state index < -0.39 is 0 Å². The Kier molecular flexibility index (Phi) is 6.96. The van der Waals surface area contributed by atoms with Crippen molar-refractivity contribution < 1.29 is 9.84 Å². The van der Waals surface area contributed by atoms with Crippen LogP contribution in [0.5, 0.6) is 5.75 Å². The number of aryl methyl sites for hydroxylation is 1. The largest absolute Gasteiger partial charge is 0.486 e. The summed E-state index contributed by atoms with van der Waals surface area (Å²) in [6.45, 7) is 3.49. The molecule has 186 valence electrons. The lowest BCUT2D eigenvalue weighted by atomic mass is 9.74. The zero-order valence-electron chi connectivity index (χ0n) is 21.1. The van der Waals surface area contributed by atoms with Gasteiger partial charge in [0.05, 0.1) is 6.10 Å². The Morgan fingerprint density at radius 1 is 1.09 bits per heavy atom. The molecule has 0 radical (unpaired) electrons. The summed E-state index contributed by atoms with van der Waals surface area (Å²) in [6, 6.07) is 19.8. The van der Waals surface area contributed by atoms with Crippen LogP contribution in [0.2, 0.25) is 0 Å². The highest BCUT2D eigenvalue weighted by atomic mass is 16.5. The molecule has 1 saturated heterocycles. The van der Waals surface area contributed by atoms with E-state index in [1.165, 1.54) is 11.1 Å². The van der Waals surface area contributed by atoms with Crippen molar-refractivity contribution in [1.29, 1.82) is 0 Å². The average molecular weight is 475 g/mol. The molecule has 2 N–H and O–H groups in total. The maximum absolute atomic E-state index is 11.6. The van der Waals surface area contributed by atoms with Crippen molar-refractivity contribution >= 4 is 0 Å². The molecule has 2 heterocycles. The molecule has 35 heavy (non-hydrogen) atoms. The standard InChI is InChI=1S/C29H38N4O2/c1-29-18-25(22-8-5-4-6-9-22)33(3)26(29)11-7-10-24(28(29)34)31-19-21-12-14-23(15-13-21)35-20-27-30-16-17-32(27)2/h4-6,8-9,12-17,24-26,28,31,34H,7,10-11,18-20H2,1-3H3/t24-,25-,26-,28+,29-/m1/s1. The number of aromatic nitrogens is 2.